The third-order valence-electron chi connectivity index (χ3n) is 9.18. The second-order valence-corrected chi connectivity index (χ2v) is 16.8. The van der Waals surface area contributed by atoms with E-state index < -0.39 is 40.1 Å². The number of nitrogens with zero attached hydrogens (tertiary/aromatic N) is 4. The molecule has 278 valence electrons. The van der Waals surface area contributed by atoms with Crippen molar-refractivity contribution in [2.24, 2.45) is 17.0 Å². The van der Waals surface area contributed by atoms with Crippen LogP contribution in [0.25, 0.3) is 0 Å². The van der Waals surface area contributed by atoms with Gasteiger partial charge in [-0.2, -0.15) is 4.31 Å². The maximum absolute atomic E-state index is 14.1. The van der Waals surface area contributed by atoms with E-state index in [1.807, 2.05) is 49.6 Å². The molecule has 0 radical (unpaired) electrons. The molecule has 0 spiro atoms. The molecule has 3 atom stereocenters. The van der Waals surface area contributed by atoms with Crippen molar-refractivity contribution in [3.05, 3.63) is 81.8 Å². The van der Waals surface area contributed by atoms with E-state index in [9.17, 15) is 23.1 Å². The Hall–Kier alpha value is -3.85. The number of urea groups is 1. The quantitative estimate of drug-likeness (QED) is 0.0839. The standard InChI is InChI=1S/C37H52N6O6S2/c1-25(2)34(41-37(46)42(5)22-30-24-50-36(39-30)26(3)4)35(45)40-32(19-27-11-7-6-8-12-27)33(44)23-43(21-29-13-9-10-14-29)51(48,49)31-17-15-28(16-18-31)20-38-47/h6-8,11-12,15-18,20,24-26,29,32-34,44,47H,9-10,13-14,19,21-23H2,1-5H3,(H,40,45)(H,41,46)/t32-,33+,34-/m0/s1. The molecule has 0 saturated heterocycles. The highest BCUT2D eigenvalue weighted by Gasteiger charge is 2.35. The molecule has 14 heteroatoms. The van der Waals surface area contributed by atoms with Crippen LogP contribution in [0, 0.1) is 11.8 Å². The molecule has 3 amide bonds. The number of thiazole rings is 1. The van der Waals surface area contributed by atoms with E-state index in [0.29, 0.717) is 5.56 Å². The van der Waals surface area contributed by atoms with Gasteiger partial charge in [0.2, 0.25) is 15.9 Å². The minimum Gasteiger partial charge on any atom is -0.411 e. The summed E-state index contributed by atoms with van der Waals surface area (Å²) in [7, 11) is -2.40. The molecule has 1 saturated carbocycles. The number of aliphatic hydroxyl groups is 1. The lowest BCUT2D eigenvalue weighted by Gasteiger charge is -2.33. The minimum atomic E-state index is -4.05. The number of hydrogen-bond acceptors (Lipinski definition) is 9. The molecule has 1 aliphatic carbocycles. The Morgan fingerprint density at radius 1 is 1.04 bits per heavy atom. The fraction of sp³-hybridized carbons (Fsp3) is 0.514. The van der Waals surface area contributed by atoms with Crippen molar-refractivity contribution in [3.63, 3.8) is 0 Å². The van der Waals surface area contributed by atoms with E-state index in [1.165, 1.54) is 27.6 Å². The first kappa shape index (κ1) is 39.9. The fourth-order valence-corrected chi connectivity index (χ4v) is 8.57. The van der Waals surface area contributed by atoms with Gasteiger partial charge < -0.3 is 25.8 Å². The molecule has 2 aromatic carbocycles. The molecule has 12 nitrogen and oxygen atoms in total. The molecule has 0 aliphatic heterocycles. The van der Waals surface area contributed by atoms with E-state index in [0.717, 1.165) is 41.9 Å². The van der Waals surface area contributed by atoms with E-state index in [-0.39, 0.29) is 48.7 Å². The zero-order valence-corrected chi connectivity index (χ0v) is 31.7. The van der Waals surface area contributed by atoms with Crippen LogP contribution in [-0.2, 0) is 27.8 Å². The van der Waals surface area contributed by atoms with Crippen LogP contribution in [0.3, 0.4) is 0 Å². The normalized spacial score (nSPS) is 15.8. The SMILES string of the molecule is CC(C)c1nc(CN(C)C(=O)N[C@H](C(=O)N[C@@H](Cc2ccccc2)[C@H](O)CN(CC2CCCC2)S(=O)(=O)c2ccc(C=NO)cc2)C(C)C)cs1. The molecule has 1 heterocycles. The maximum atomic E-state index is 14.1. The van der Waals surface area contributed by atoms with Crippen LogP contribution in [0.15, 0.2) is 70.0 Å². The molecular formula is C37H52N6O6S2. The molecule has 1 aliphatic rings. The van der Waals surface area contributed by atoms with Gasteiger partial charge in [-0.25, -0.2) is 18.2 Å². The van der Waals surface area contributed by atoms with Crippen molar-refractivity contribution >= 4 is 39.5 Å². The largest absolute Gasteiger partial charge is 0.411 e. The Morgan fingerprint density at radius 3 is 2.29 bits per heavy atom. The summed E-state index contributed by atoms with van der Waals surface area (Å²) in [5.41, 5.74) is 2.15. The lowest BCUT2D eigenvalue weighted by atomic mass is 9.98. The number of sulfonamides is 1. The highest BCUT2D eigenvalue weighted by molar-refractivity contribution is 7.89. The van der Waals surface area contributed by atoms with E-state index in [2.05, 4.69) is 34.6 Å². The summed E-state index contributed by atoms with van der Waals surface area (Å²) in [5.74, 6) is -0.338. The molecule has 0 unspecified atom stereocenters. The molecule has 4 rings (SSSR count). The minimum absolute atomic E-state index is 0.0521. The summed E-state index contributed by atoms with van der Waals surface area (Å²) in [6.07, 6.45) is 3.99. The summed E-state index contributed by atoms with van der Waals surface area (Å²) in [4.78, 5) is 33.4. The van der Waals surface area contributed by atoms with Crippen LogP contribution in [0.2, 0.25) is 0 Å². The van der Waals surface area contributed by atoms with Crippen LogP contribution < -0.4 is 10.6 Å². The Kier molecular flexibility index (Phi) is 14.5. The molecule has 4 N–H and O–H groups in total. The van der Waals surface area contributed by atoms with E-state index in [1.54, 1.807) is 30.5 Å². The molecule has 3 aromatic rings. The Bertz CT molecular complexity index is 1690. The number of carbonyl (C=O) groups excluding carboxylic acids is 2. The lowest BCUT2D eigenvalue weighted by molar-refractivity contribution is -0.125. The smallest absolute Gasteiger partial charge is 0.318 e. The van der Waals surface area contributed by atoms with Gasteiger partial charge in [0, 0.05) is 31.4 Å². The van der Waals surface area contributed by atoms with Gasteiger partial charge in [0.15, 0.2) is 0 Å². The Balaban J connectivity index is 1.54. The van der Waals surface area contributed by atoms with Gasteiger partial charge in [0.1, 0.15) is 6.04 Å². The first-order valence-corrected chi connectivity index (χ1v) is 19.9. The number of aromatic nitrogens is 1. The highest BCUT2D eigenvalue weighted by atomic mass is 32.2. The monoisotopic (exact) mass is 740 g/mol. The van der Waals surface area contributed by atoms with Crippen molar-refractivity contribution in [1.29, 1.82) is 0 Å². The van der Waals surface area contributed by atoms with Crippen LogP contribution >= 0.6 is 11.3 Å². The molecule has 51 heavy (non-hydrogen) atoms. The average molecular weight is 741 g/mol. The van der Waals surface area contributed by atoms with Gasteiger partial charge >= 0.3 is 6.03 Å². The average Bonchev–Trinajstić information content (AvgIpc) is 3.80. The maximum Gasteiger partial charge on any atom is 0.318 e. The molecular weight excluding hydrogens is 689 g/mol. The van der Waals surface area contributed by atoms with Gasteiger partial charge in [-0.3, -0.25) is 4.79 Å². The van der Waals surface area contributed by atoms with E-state index >= 15 is 0 Å². The number of rotatable bonds is 17. The first-order chi connectivity index (χ1) is 24.3. The predicted octanol–water partition coefficient (Wildman–Crippen LogP) is 5.21. The summed E-state index contributed by atoms with van der Waals surface area (Å²) in [5, 5.41) is 32.5. The van der Waals surface area contributed by atoms with Gasteiger partial charge in [-0.1, -0.05) is 88.2 Å². The second-order valence-electron chi connectivity index (χ2n) is 14.0. The molecule has 0 bridgehead atoms. The Labute approximate surface area is 306 Å². The van der Waals surface area contributed by atoms with Gasteiger partial charge in [0.05, 0.1) is 40.5 Å². The van der Waals surface area contributed by atoms with Crippen LogP contribution in [0.5, 0.6) is 0 Å². The number of benzene rings is 2. The number of oxime groups is 1. The number of aliphatic hydroxyl groups excluding tert-OH is 1. The number of hydrogen-bond donors (Lipinski definition) is 4. The number of nitrogens with one attached hydrogen (secondary N) is 2. The van der Waals surface area contributed by atoms with Gasteiger partial charge in [-0.15, -0.1) is 11.3 Å². The third-order valence-corrected chi connectivity index (χ3v) is 12.2. The second kappa shape index (κ2) is 18.6. The van der Waals surface area contributed by atoms with Crippen LogP contribution in [-0.4, -0.2) is 89.4 Å². The first-order valence-electron chi connectivity index (χ1n) is 17.5. The molecule has 1 aromatic heterocycles. The van der Waals surface area contributed by atoms with Crippen molar-refractivity contribution in [3.8, 4) is 0 Å². The van der Waals surface area contributed by atoms with Gasteiger partial charge in [-0.05, 0) is 54.4 Å². The lowest BCUT2D eigenvalue weighted by Crippen LogP contribution is -2.58. The van der Waals surface area contributed by atoms with Crippen molar-refractivity contribution in [2.45, 2.75) is 95.3 Å². The van der Waals surface area contributed by atoms with Crippen molar-refractivity contribution < 1.29 is 28.3 Å². The summed E-state index contributed by atoms with van der Waals surface area (Å²) < 4.78 is 29.5. The number of amides is 3. The topological polar surface area (TPSA) is 165 Å². The van der Waals surface area contributed by atoms with Crippen LogP contribution in [0.4, 0.5) is 4.79 Å². The zero-order chi connectivity index (χ0) is 37.1. The highest BCUT2D eigenvalue weighted by Crippen LogP contribution is 2.28. The number of carbonyl (C=O) groups is 2. The van der Waals surface area contributed by atoms with Crippen molar-refractivity contribution in [1.82, 2.24) is 24.8 Å². The summed E-state index contributed by atoms with van der Waals surface area (Å²) in [6, 6.07) is 13.1. The van der Waals surface area contributed by atoms with Gasteiger partial charge in [0.25, 0.3) is 0 Å². The van der Waals surface area contributed by atoms with Crippen LogP contribution in [0.1, 0.15) is 81.1 Å². The zero-order valence-electron chi connectivity index (χ0n) is 30.1. The fourth-order valence-electron chi connectivity index (χ4n) is 6.21. The Morgan fingerprint density at radius 2 is 1.71 bits per heavy atom. The third kappa shape index (κ3) is 11.3. The van der Waals surface area contributed by atoms with E-state index in [4.69, 9.17) is 5.21 Å². The summed E-state index contributed by atoms with van der Waals surface area (Å²) in [6.45, 7) is 8.05. The predicted molar refractivity (Wildman–Crippen MR) is 199 cm³/mol. The van der Waals surface area contributed by atoms with Crippen molar-refractivity contribution in [2.75, 3.05) is 20.1 Å². The summed E-state index contributed by atoms with van der Waals surface area (Å²) >= 11 is 1.55. The molecule has 1 fully saturated rings.